The number of aliphatic hydroxyl groups is 2. The molecule has 1 unspecified atom stereocenters. The Morgan fingerprint density at radius 2 is 1.93 bits per heavy atom. The summed E-state index contributed by atoms with van der Waals surface area (Å²) in [7, 11) is 1.88. The van der Waals surface area contributed by atoms with E-state index in [1.165, 1.54) is 0 Å². The number of benzene rings is 1. The van der Waals surface area contributed by atoms with Gasteiger partial charge in [-0.2, -0.15) is 0 Å². The van der Waals surface area contributed by atoms with Crippen LogP contribution in [0.25, 0.3) is 0 Å². The maximum absolute atomic E-state index is 9.24. The van der Waals surface area contributed by atoms with E-state index in [0.29, 0.717) is 6.54 Å². The summed E-state index contributed by atoms with van der Waals surface area (Å²) in [6, 6.07) is 7.79. The molecule has 1 aromatic rings. The molecule has 0 saturated heterocycles. The number of aliphatic hydroxyl groups excluding tert-OH is 2. The van der Waals surface area contributed by atoms with Crippen molar-refractivity contribution in [3.05, 3.63) is 28.7 Å². The topological polar surface area (TPSA) is 43.7 Å². The molecule has 0 heterocycles. The van der Waals surface area contributed by atoms with Crippen molar-refractivity contribution in [2.24, 2.45) is 0 Å². The van der Waals surface area contributed by atoms with Crippen molar-refractivity contribution in [3.63, 3.8) is 0 Å². The zero-order chi connectivity index (χ0) is 10.6. The van der Waals surface area contributed by atoms with Crippen molar-refractivity contribution in [2.75, 3.05) is 25.1 Å². The average molecular weight is 260 g/mol. The Hall–Kier alpha value is -0.580. The van der Waals surface area contributed by atoms with Crippen molar-refractivity contribution < 1.29 is 10.2 Å². The Morgan fingerprint density at radius 3 is 2.43 bits per heavy atom. The van der Waals surface area contributed by atoms with Gasteiger partial charge in [0.25, 0.3) is 0 Å². The van der Waals surface area contributed by atoms with E-state index in [9.17, 15) is 5.11 Å². The van der Waals surface area contributed by atoms with Crippen LogP contribution in [0.5, 0.6) is 0 Å². The summed E-state index contributed by atoms with van der Waals surface area (Å²) in [4.78, 5) is 1.90. The van der Waals surface area contributed by atoms with Crippen LogP contribution in [0, 0.1) is 0 Å². The fourth-order valence-corrected chi connectivity index (χ4v) is 1.44. The lowest BCUT2D eigenvalue weighted by Gasteiger charge is -2.21. The van der Waals surface area contributed by atoms with E-state index >= 15 is 0 Å². The van der Waals surface area contributed by atoms with E-state index in [-0.39, 0.29) is 6.61 Å². The lowest BCUT2D eigenvalue weighted by Crippen LogP contribution is -2.31. The van der Waals surface area contributed by atoms with Gasteiger partial charge >= 0.3 is 0 Å². The summed E-state index contributed by atoms with van der Waals surface area (Å²) in [6.07, 6.45) is -0.691. The molecular weight excluding hydrogens is 246 g/mol. The van der Waals surface area contributed by atoms with Crippen molar-refractivity contribution in [1.82, 2.24) is 0 Å². The fourth-order valence-electron chi connectivity index (χ4n) is 1.17. The van der Waals surface area contributed by atoms with Crippen LogP contribution in [-0.4, -0.2) is 36.5 Å². The summed E-state index contributed by atoms with van der Waals surface area (Å²) >= 11 is 3.35. The van der Waals surface area contributed by atoms with Gasteiger partial charge in [-0.3, -0.25) is 0 Å². The first kappa shape index (κ1) is 11.5. The van der Waals surface area contributed by atoms with Gasteiger partial charge in [0.05, 0.1) is 12.7 Å². The molecule has 0 aliphatic rings. The Balaban J connectivity index is 2.60. The molecule has 3 nitrogen and oxygen atoms in total. The largest absolute Gasteiger partial charge is 0.394 e. The van der Waals surface area contributed by atoms with Crippen molar-refractivity contribution in [3.8, 4) is 0 Å². The summed E-state index contributed by atoms with van der Waals surface area (Å²) < 4.78 is 1.03. The highest BCUT2D eigenvalue weighted by molar-refractivity contribution is 9.10. The van der Waals surface area contributed by atoms with Crippen LogP contribution in [0.15, 0.2) is 28.7 Å². The van der Waals surface area contributed by atoms with Gasteiger partial charge in [-0.05, 0) is 24.3 Å². The molecule has 0 aromatic heterocycles. The molecule has 0 spiro atoms. The Bertz CT molecular complexity index is 276. The van der Waals surface area contributed by atoms with Gasteiger partial charge in [0, 0.05) is 23.8 Å². The van der Waals surface area contributed by atoms with Gasteiger partial charge in [-0.25, -0.2) is 0 Å². The van der Waals surface area contributed by atoms with Crippen LogP contribution in [-0.2, 0) is 0 Å². The predicted molar refractivity (Wildman–Crippen MR) is 60.5 cm³/mol. The standard InChI is InChI=1S/C10H14BrNO2/c1-12(6-10(14)7-13)9-4-2-8(11)3-5-9/h2-5,10,13-14H,6-7H2,1H3. The summed E-state index contributed by atoms with van der Waals surface area (Å²) in [5, 5.41) is 17.9. The Kier molecular flexibility index (Phi) is 4.38. The van der Waals surface area contributed by atoms with Crippen molar-refractivity contribution >= 4 is 21.6 Å². The lowest BCUT2D eigenvalue weighted by atomic mass is 10.2. The molecular formula is C10H14BrNO2. The van der Waals surface area contributed by atoms with E-state index in [0.717, 1.165) is 10.2 Å². The van der Waals surface area contributed by atoms with Gasteiger partial charge in [0.1, 0.15) is 0 Å². The molecule has 0 amide bonds. The van der Waals surface area contributed by atoms with E-state index in [1.54, 1.807) is 0 Å². The minimum atomic E-state index is -0.691. The number of anilines is 1. The third-order valence-corrected chi connectivity index (χ3v) is 2.49. The highest BCUT2D eigenvalue weighted by Gasteiger charge is 2.06. The van der Waals surface area contributed by atoms with Crippen LogP contribution in [0.3, 0.4) is 0 Å². The second-order valence-electron chi connectivity index (χ2n) is 3.19. The monoisotopic (exact) mass is 259 g/mol. The van der Waals surface area contributed by atoms with E-state index < -0.39 is 6.10 Å². The van der Waals surface area contributed by atoms with E-state index in [1.807, 2.05) is 36.2 Å². The highest BCUT2D eigenvalue weighted by Crippen LogP contribution is 2.17. The molecule has 1 rings (SSSR count). The number of halogens is 1. The number of hydrogen-bond donors (Lipinski definition) is 2. The molecule has 78 valence electrons. The highest BCUT2D eigenvalue weighted by atomic mass is 79.9. The van der Waals surface area contributed by atoms with Crippen LogP contribution in [0.1, 0.15) is 0 Å². The number of rotatable bonds is 4. The summed E-state index contributed by atoms with van der Waals surface area (Å²) in [5.41, 5.74) is 1.01. The predicted octanol–water partition coefficient (Wildman–Crippen LogP) is 1.24. The van der Waals surface area contributed by atoms with E-state index in [2.05, 4.69) is 15.9 Å². The maximum atomic E-state index is 9.24. The van der Waals surface area contributed by atoms with Gasteiger partial charge < -0.3 is 15.1 Å². The lowest BCUT2D eigenvalue weighted by molar-refractivity contribution is 0.101. The average Bonchev–Trinajstić information content (AvgIpc) is 2.18. The summed E-state index contributed by atoms with van der Waals surface area (Å²) in [6.45, 7) is 0.221. The maximum Gasteiger partial charge on any atom is 0.0945 e. The second-order valence-corrected chi connectivity index (χ2v) is 4.11. The first-order valence-electron chi connectivity index (χ1n) is 4.39. The van der Waals surface area contributed by atoms with E-state index in [4.69, 9.17) is 5.11 Å². The van der Waals surface area contributed by atoms with Gasteiger partial charge in [0.15, 0.2) is 0 Å². The minimum Gasteiger partial charge on any atom is -0.394 e. The van der Waals surface area contributed by atoms with Crippen molar-refractivity contribution in [1.29, 1.82) is 0 Å². The quantitative estimate of drug-likeness (QED) is 0.856. The Labute approximate surface area is 92.1 Å². The SMILES string of the molecule is CN(CC(O)CO)c1ccc(Br)cc1. The first-order valence-corrected chi connectivity index (χ1v) is 5.18. The number of hydrogen-bond acceptors (Lipinski definition) is 3. The van der Waals surface area contributed by atoms with Gasteiger partial charge in [-0.1, -0.05) is 15.9 Å². The van der Waals surface area contributed by atoms with Crippen LogP contribution in [0.4, 0.5) is 5.69 Å². The summed E-state index contributed by atoms with van der Waals surface area (Å²) in [5.74, 6) is 0. The molecule has 0 aliphatic carbocycles. The smallest absolute Gasteiger partial charge is 0.0945 e. The second kappa shape index (κ2) is 5.34. The zero-order valence-electron chi connectivity index (χ0n) is 8.02. The third-order valence-electron chi connectivity index (χ3n) is 1.96. The minimum absolute atomic E-state index is 0.207. The fraction of sp³-hybridized carbons (Fsp3) is 0.400. The Morgan fingerprint density at radius 1 is 1.36 bits per heavy atom. The molecule has 1 aromatic carbocycles. The molecule has 14 heavy (non-hydrogen) atoms. The zero-order valence-corrected chi connectivity index (χ0v) is 9.61. The normalized spacial score (nSPS) is 12.6. The van der Waals surface area contributed by atoms with Gasteiger partial charge in [-0.15, -0.1) is 0 Å². The third kappa shape index (κ3) is 3.29. The van der Waals surface area contributed by atoms with Crippen LogP contribution >= 0.6 is 15.9 Å². The van der Waals surface area contributed by atoms with Crippen molar-refractivity contribution in [2.45, 2.75) is 6.10 Å². The molecule has 0 bridgehead atoms. The molecule has 0 fully saturated rings. The van der Waals surface area contributed by atoms with Gasteiger partial charge in [0.2, 0.25) is 0 Å². The molecule has 2 N–H and O–H groups in total. The molecule has 0 radical (unpaired) electrons. The first-order chi connectivity index (χ1) is 6.63. The molecule has 0 saturated carbocycles. The molecule has 0 aliphatic heterocycles. The van der Waals surface area contributed by atoms with Crippen LogP contribution < -0.4 is 4.90 Å². The van der Waals surface area contributed by atoms with Crippen LogP contribution in [0.2, 0.25) is 0 Å². The number of nitrogens with zero attached hydrogens (tertiary/aromatic N) is 1. The molecule has 4 heteroatoms. The number of likely N-dealkylation sites (N-methyl/N-ethyl adjacent to an activating group) is 1. The molecule has 1 atom stereocenters.